The maximum Gasteiger partial charge on any atom is 0.265 e. The number of carbonyl (C=O) groups is 1. The van der Waals surface area contributed by atoms with E-state index in [0.717, 1.165) is 0 Å². The van der Waals surface area contributed by atoms with E-state index < -0.39 is 6.10 Å². The topological polar surface area (TPSA) is 73.6 Å². The first-order valence-corrected chi connectivity index (χ1v) is 6.04. The highest BCUT2D eigenvalue weighted by molar-refractivity contribution is 5.85. The van der Waals surface area contributed by atoms with E-state index in [0.29, 0.717) is 18.0 Å². The van der Waals surface area contributed by atoms with E-state index in [2.05, 4.69) is 5.32 Å². The molecule has 2 unspecified atom stereocenters. The first-order chi connectivity index (χ1) is 8.61. The lowest BCUT2D eigenvalue weighted by molar-refractivity contribution is -0.134. The van der Waals surface area contributed by atoms with Crippen molar-refractivity contribution in [3.8, 4) is 11.5 Å². The molecule has 3 atom stereocenters. The summed E-state index contributed by atoms with van der Waals surface area (Å²) < 4.78 is 11.3. The van der Waals surface area contributed by atoms with Gasteiger partial charge >= 0.3 is 0 Å². The Labute approximate surface area is 118 Å². The molecule has 0 fully saturated rings. The smallest absolute Gasteiger partial charge is 0.265 e. The minimum Gasteiger partial charge on any atom is -0.482 e. The molecular formula is C13H19ClN2O3. The molecule has 0 aliphatic carbocycles. The van der Waals surface area contributed by atoms with Gasteiger partial charge in [-0.2, -0.15) is 0 Å². The van der Waals surface area contributed by atoms with Crippen LogP contribution in [0.2, 0.25) is 0 Å². The summed E-state index contributed by atoms with van der Waals surface area (Å²) in [5, 5.41) is 2.79. The molecule has 5 nitrogen and oxygen atoms in total. The number of benzene rings is 1. The van der Waals surface area contributed by atoms with Crippen molar-refractivity contribution in [3.05, 3.63) is 24.3 Å². The Hall–Kier alpha value is -1.46. The fraction of sp³-hybridized carbons (Fsp3) is 0.462. The summed E-state index contributed by atoms with van der Waals surface area (Å²) in [6.45, 7) is 4.05. The monoisotopic (exact) mass is 286 g/mol. The van der Waals surface area contributed by atoms with Gasteiger partial charge in [0.25, 0.3) is 5.91 Å². The maximum atomic E-state index is 12.0. The van der Waals surface area contributed by atoms with Crippen LogP contribution in [-0.4, -0.2) is 30.7 Å². The van der Waals surface area contributed by atoms with E-state index >= 15 is 0 Å². The van der Waals surface area contributed by atoms with Crippen molar-refractivity contribution >= 4 is 18.3 Å². The average Bonchev–Trinajstić information content (AvgIpc) is 2.37. The highest BCUT2D eigenvalue weighted by Crippen LogP contribution is 2.33. The van der Waals surface area contributed by atoms with Gasteiger partial charge in [0.2, 0.25) is 6.10 Å². The summed E-state index contributed by atoms with van der Waals surface area (Å²) >= 11 is 0. The van der Waals surface area contributed by atoms with Crippen LogP contribution < -0.4 is 20.5 Å². The lowest BCUT2D eigenvalue weighted by Gasteiger charge is -2.31. The van der Waals surface area contributed by atoms with Gasteiger partial charge in [-0.15, -0.1) is 12.4 Å². The van der Waals surface area contributed by atoms with Crippen LogP contribution >= 0.6 is 12.4 Å². The number of rotatable bonds is 3. The molecule has 0 aromatic heterocycles. The Bertz CT molecular complexity index is 442. The molecular weight excluding hydrogens is 268 g/mol. The summed E-state index contributed by atoms with van der Waals surface area (Å²) in [5.74, 6) is 1.06. The van der Waals surface area contributed by atoms with Crippen LogP contribution in [-0.2, 0) is 4.79 Å². The van der Waals surface area contributed by atoms with Crippen LogP contribution in [0, 0.1) is 0 Å². The number of nitrogens with two attached hydrogens (primary N) is 1. The van der Waals surface area contributed by atoms with Crippen molar-refractivity contribution in [3.63, 3.8) is 0 Å². The van der Waals surface area contributed by atoms with Gasteiger partial charge in [0.05, 0.1) is 0 Å². The fourth-order valence-corrected chi connectivity index (χ4v) is 1.79. The van der Waals surface area contributed by atoms with Crippen molar-refractivity contribution < 1.29 is 14.3 Å². The van der Waals surface area contributed by atoms with Crippen molar-refractivity contribution in [1.29, 1.82) is 0 Å². The van der Waals surface area contributed by atoms with Crippen molar-refractivity contribution in [1.82, 2.24) is 5.32 Å². The molecule has 1 aliphatic rings. The number of hydrogen-bond acceptors (Lipinski definition) is 4. The summed E-state index contributed by atoms with van der Waals surface area (Å²) in [4.78, 5) is 12.0. The molecule has 1 aromatic carbocycles. The molecule has 2 rings (SSSR count). The summed E-state index contributed by atoms with van der Waals surface area (Å²) in [7, 11) is 0. The second-order valence-corrected chi connectivity index (χ2v) is 4.45. The molecule has 0 spiro atoms. The Morgan fingerprint density at radius 3 is 2.53 bits per heavy atom. The molecule has 1 amide bonds. The lowest BCUT2D eigenvalue weighted by Crippen LogP contribution is -2.52. The van der Waals surface area contributed by atoms with Crippen molar-refractivity contribution in [2.24, 2.45) is 5.73 Å². The third-order valence-electron chi connectivity index (χ3n) is 2.84. The molecule has 106 valence electrons. The third kappa shape index (κ3) is 3.52. The van der Waals surface area contributed by atoms with E-state index in [1.54, 1.807) is 6.07 Å². The largest absolute Gasteiger partial charge is 0.482 e. The normalized spacial score (nSPS) is 22.1. The van der Waals surface area contributed by atoms with Gasteiger partial charge in [0.1, 0.15) is 6.10 Å². The average molecular weight is 287 g/mol. The number of fused-ring (bicyclic) bond motifs is 1. The van der Waals surface area contributed by atoms with E-state index in [1.807, 2.05) is 32.0 Å². The standard InChI is InChI=1S/C13H18N2O3.ClH/c1-8(7-14)15-13(16)12-9(2)17-10-5-3-4-6-11(10)18-12;/h3-6,8-9,12H,7,14H2,1-2H3,(H,15,16);1H/t8-,9?,12?;/m0./s1. The summed E-state index contributed by atoms with van der Waals surface area (Å²) in [5.41, 5.74) is 5.47. The van der Waals surface area contributed by atoms with Gasteiger partial charge in [-0.1, -0.05) is 12.1 Å². The second kappa shape index (κ2) is 6.63. The van der Waals surface area contributed by atoms with Crippen LogP contribution in [0.5, 0.6) is 11.5 Å². The molecule has 0 saturated heterocycles. The molecule has 1 aliphatic heterocycles. The molecule has 3 N–H and O–H groups in total. The minimum absolute atomic E-state index is 0. The van der Waals surface area contributed by atoms with E-state index in [9.17, 15) is 4.79 Å². The van der Waals surface area contributed by atoms with Crippen molar-refractivity contribution in [2.45, 2.75) is 32.1 Å². The van der Waals surface area contributed by atoms with Gasteiger partial charge in [-0.25, -0.2) is 0 Å². The van der Waals surface area contributed by atoms with Crippen LogP contribution in [0.25, 0.3) is 0 Å². The minimum atomic E-state index is -0.645. The second-order valence-electron chi connectivity index (χ2n) is 4.45. The number of amides is 1. The lowest BCUT2D eigenvalue weighted by atomic mass is 10.1. The van der Waals surface area contributed by atoms with E-state index in [1.165, 1.54) is 0 Å². The zero-order chi connectivity index (χ0) is 13.1. The van der Waals surface area contributed by atoms with Crippen LogP contribution in [0.4, 0.5) is 0 Å². The van der Waals surface area contributed by atoms with Crippen LogP contribution in [0.15, 0.2) is 24.3 Å². The van der Waals surface area contributed by atoms with Gasteiger partial charge < -0.3 is 20.5 Å². The Morgan fingerprint density at radius 1 is 1.37 bits per heavy atom. The quantitative estimate of drug-likeness (QED) is 0.873. The number of hydrogen-bond donors (Lipinski definition) is 2. The molecule has 1 aromatic rings. The molecule has 19 heavy (non-hydrogen) atoms. The van der Waals surface area contributed by atoms with Gasteiger partial charge in [-0.3, -0.25) is 4.79 Å². The summed E-state index contributed by atoms with van der Waals surface area (Å²) in [6, 6.07) is 7.24. The van der Waals surface area contributed by atoms with Gasteiger partial charge in [0, 0.05) is 12.6 Å². The Balaban J connectivity index is 0.00000180. The zero-order valence-electron chi connectivity index (χ0n) is 11.0. The molecule has 1 heterocycles. The number of nitrogens with one attached hydrogen (secondary N) is 1. The number of carbonyl (C=O) groups excluding carboxylic acids is 1. The SMILES string of the molecule is CC1Oc2ccccc2OC1C(=O)N[C@@H](C)CN.Cl. The maximum absolute atomic E-state index is 12.0. The highest BCUT2D eigenvalue weighted by Gasteiger charge is 2.34. The fourth-order valence-electron chi connectivity index (χ4n) is 1.79. The highest BCUT2D eigenvalue weighted by atomic mass is 35.5. The van der Waals surface area contributed by atoms with E-state index in [-0.39, 0.29) is 30.5 Å². The molecule has 0 radical (unpaired) electrons. The summed E-state index contributed by atoms with van der Waals surface area (Å²) in [6.07, 6.45) is -0.973. The number of halogens is 1. The molecule has 0 saturated carbocycles. The third-order valence-corrected chi connectivity index (χ3v) is 2.84. The Morgan fingerprint density at radius 2 is 1.95 bits per heavy atom. The Kier molecular flexibility index (Phi) is 5.44. The van der Waals surface area contributed by atoms with Crippen molar-refractivity contribution in [2.75, 3.05) is 6.54 Å². The predicted molar refractivity (Wildman–Crippen MR) is 74.9 cm³/mol. The zero-order valence-corrected chi connectivity index (χ0v) is 11.8. The van der Waals surface area contributed by atoms with Crippen LogP contribution in [0.1, 0.15) is 13.8 Å². The first kappa shape index (κ1) is 15.6. The van der Waals surface area contributed by atoms with Gasteiger partial charge in [0.15, 0.2) is 11.5 Å². The molecule has 0 bridgehead atoms. The molecule has 6 heteroatoms. The number of para-hydroxylation sites is 2. The van der Waals surface area contributed by atoms with Crippen LogP contribution in [0.3, 0.4) is 0 Å². The predicted octanol–water partition coefficient (Wildman–Crippen LogP) is 1.10. The first-order valence-electron chi connectivity index (χ1n) is 6.04. The number of ether oxygens (including phenoxy) is 2. The van der Waals surface area contributed by atoms with E-state index in [4.69, 9.17) is 15.2 Å². The van der Waals surface area contributed by atoms with Gasteiger partial charge in [-0.05, 0) is 26.0 Å².